The Kier molecular flexibility index (Phi) is 7.84. The number of unbranched alkanes of at least 4 members (excludes halogenated alkanes) is 1. The first-order valence-corrected chi connectivity index (χ1v) is 13.5. The minimum absolute atomic E-state index is 0.174. The number of aryl methyl sites for hydroxylation is 1. The van der Waals surface area contributed by atoms with Crippen LogP contribution in [0.1, 0.15) is 47.1 Å². The van der Waals surface area contributed by atoms with Gasteiger partial charge in [-0.3, -0.25) is 4.79 Å². The zero-order chi connectivity index (χ0) is 27.4. The number of fused-ring (bicyclic) bond motifs is 2. The van der Waals surface area contributed by atoms with E-state index in [4.69, 9.17) is 9.72 Å². The number of nitrogens with zero attached hydrogens (tertiary/aromatic N) is 3. The molecule has 1 N–H and O–H groups in total. The largest absolute Gasteiger partial charge is 0.488 e. The zero-order valence-electron chi connectivity index (χ0n) is 21.3. The summed E-state index contributed by atoms with van der Waals surface area (Å²) < 4.78 is 8.35. The number of carbonyl (C=O) groups is 1. The van der Waals surface area contributed by atoms with Gasteiger partial charge in [0.2, 0.25) is 0 Å². The molecule has 0 unspecified atom stereocenters. The number of carboxylic acids is 1. The average molecular weight is 584 g/mol. The van der Waals surface area contributed by atoms with Gasteiger partial charge in [-0.15, -0.1) is 0 Å². The molecule has 4 aromatic carbocycles. The van der Waals surface area contributed by atoms with E-state index in [1.807, 2.05) is 54.6 Å². The molecular weight excluding hydrogens is 558 g/mol. The second kappa shape index (κ2) is 11.6. The molecule has 0 radical (unpaired) electrons. The highest BCUT2D eigenvalue weighted by atomic mass is 79.9. The second-order valence-corrected chi connectivity index (χ2v) is 10.1. The van der Waals surface area contributed by atoms with E-state index in [1.165, 1.54) is 4.68 Å². The lowest BCUT2D eigenvalue weighted by molar-refractivity contribution is 0.0696. The lowest BCUT2D eigenvalue weighted by Crippen LogP contribution is -2.22. The van der Waals surface area contributed by atoms with Crippen LogP contribution in [0, 0.1) is 0 Å². The molecule has 0 aliphatic heterocycles. The predicted molar refractivity (Wildman–Crippen MR) is 157 cm³/mol. The van der Waals surface area contributed by atoms with Crippen molar-refractivity contribution >= 4 is 49.8 Å². The maximum atomic E-state index is 13.5. The van der Waals surface area contributed by atoms with Crippen molar-refractivity contribution in [3.8, 4) is 5.75 Å². The average Bonchev–Trinajstić information content (AvgIpc) is 2.95. The van der Waals surface area contributed by atoms with Crippen LogP contribution >= 0.6 is 15.9 Å². The summed E-state index contributed by atoms with van der Waals surface area (Å²) in [6, 6.07) is 23.8. The summed E-state index contributed by atoms with van der Waals surface area (Å²) in [5, 5.41) is 16.4. The van der Waals surface area contributed by atoms with Crippen molar-refractivity contribution in [3.63, 3.8) is 0 Å². The van der Waals surface area contributed by atoms with Gasteiger partial charge in [0.1, 0.15) is 18.2 Å². The molecule has 196 valence electrons. The molecule has 0 aliphatic carbocycles. The highest BCUT2D eigenvalue weighted by Gasteiger charge is 2.13. The molecule has 1 aromatic heterocycles. The summed E-state index contributed by atoms with van der Waals surface area (Å²) in [7, 11) is 0. The fourth-order valence-corrected chi connectivity index (χ4v) is 4.78. The van der Waals surface area contributed by atoms with E-state index in [1.54, 1.807) is 30.5 Å². The van der Waals surface area contributed by atoms with Crippen molar-refractivity contribution < 1.29 is 14.6 Å². The first kappa shape index (κ1) is 26.3. The molecule has 5 aromatic rings. The maximum Gasteiger partial charge on any atom is 0.335 e. The van der Waals surface area contributed by atoms with Crippen molar-refractivity contribution in [1.82, 2.24) is 9.66 Å². The van der Waals surface area contributed by atoms with E-state index in [0.29, 0.717) is 34.5 Å². The van der Waals surface area contributed by atoms with E-state index >= 15 is 0 Å². The van der Waals surface area contributed by atoms with Crippen molar-refractivity contribution in [2.75, 3.05) is 0 Å². The van der Waals surface area contributed by atoms with Gasteiger partial charge >= 0.3 is 5.97 Å². The Morgan fingerprint density at radius 1 is 1.05 bits per heavy atom. The molecule has 8 heteroatoms. The molecule has 0 amide bonds. The van der Waals surface area contributed by atoms with Crippen LogP contribution in [0.15, 0.2) is 93.2 Å². The molecular formula is C31H26BrN3O4. The van der Waals surface area contributed by atoms with Crippen LogP contribution in [-0.4, -0.2) is 27.0 Å². The van der Waals surface area contributed by atoms with Crippen LogP contribution in [0.4, 0.5) is 0 Å². The third-order valence-corrected chi connectivity index (χ3v) is 6.92. The van der Waals surface area contributed by atoms with Crippen LogP contribution in [0.25, 0.3) is 21.7 Å². The van der Waals surface area contributed by atoms with E-state index in [9.17, 15) is 14.7 Å². The zero-order valence-corrected chi connectivity index (χ0v) is 22.9. The Balaban J connectivity index is 1.59. The first-order valence-electron chi connectivity index (χ1n) is 12.7. The van der Waals surface area contributed by atoms with Crippen LogP contribution in [-0.2, 0) is 13.0 Å². The Morgan fingerprint density at radius 2 is 1.90 bits per heavy atom. The van der Waals surface area contributed by atoms with E-state index in [-0.39, 0.29) is 17.7 Å². The van der Waals surface area contributed by atoms with Gasteiger partial charge in [0, 0.05) is 16.5 Å². The van der Waals surface area contributed by atoms with Gasteiger partial charge in [0.15, 0.2) is 0 Å². The van der Waals surface area contributed by atoms with Gasteiger partial charge in [0.05, 0.1) is 22.7 Å². The number of rotatable bonds is 9. The number of carboxylic acid groups (broad SMARTS) is 1. The van der Waals surface area contributed by atoms with Gasteiger partial charge in [-0.2, -0.15) is 9.78 Å². The quantitative estimate of drug-likeness (QED) is 0.192. The van der Waals surface area contributed by atoms with Crippen LogP contribution in [0.3, 0.4) is 0 Å². The van der Waals surface area contributed by atoms with Crippen molar-refractivity contribution in [3.05, 3.63) is 116 Å². The Bertz CT molecular complexity index is 1780. The van der Waals surface area contributed by atoms with Crippen LogP contribution in [0.5, 0.6) is 5.75 Å². The lowest BCUT2D eigenvalue weighted by Gasteiger charge is -2.13. The number of hydrogen-bond acceptors (Lipinski definition) is 5. The fourth-order valence-electron chi connectivity index (χ4n) is 4.42. The maximum absolute atomic E-state index is 13.5. The molecule has 0 aliphatic rings. The van der Waals surface area contributed by atoms with E-state index in [2.05, 4.69) is 28.0 Å². The molecule has 5 rings (SSSR count). The van der Waals surface area contributed by atoms with Crippen LogP contribution < -0.4 is 10.3 Å². The minimum atomic E-state index is -0.990. The highest BCUT2D eigenvalue weighted by Crippen LogP contribution is 2.28. The van der Waals surface area contributed by atoms with E-state index in [0.717, 1.165) is 33.7 Å². The number of ether oxygens (including phenoxy) is 1. The number of benzene rings is 4. The minimum Gasteiger partial charge on any atom is -0.488 e. The number of hydrogen-bond donors (Lipinski definition) is 1. The van der Waals surface area contributed by atoms with Gasteiger partial charge in [-0.1, -0.05) is 71.7 Å². The fraction of sp³-hybridized carbons (Fsp3) is 0.161. The van der Waals surface area contributed by atoms with Gasteiger partial charge < -0.3 is 9.84 Å². The molecule has 39 heavy (non-hydrogen) atoms. The predicted octanol–water partition coefficient (Wildman–Crippen LogP) is 6.81. The smallest absolute Gasteiger partial charge is 0.335 e. The number of aromatic nitrogens is 2. The highest BCUT2D eigenvalue weighted by molar-refractivity contribution is 9.10. The summed E-state index contributed by atoms with van der Waals surface area (Å²) >= 11 is 3.45. The second-order valence-electron chi connectivity index (χ2n) is 9.15. The normalized spacial score (nSPS) is 11.4. The molecule has 0 saturated carbocycles. The monoisotopic (exact) mass is 583 g/mol. The molecule has 0 fully saturated rings. The SMILES string of the molecule is CCCCc1nc2ccc(Br)cc2c(=O)n1N=Cc1c(OCc2cccc(C(=O)O)c2)ccc2ccccc12. The third kappa shape index (κ3) is 5.76. The first-order chi connectivity index (χ1) is 18.9. The molecule has 0 atom stereocenters. The molecule has 1 heterocycles. The summed E-state index contributed by atoms with van der Waals surface area (Å²) in [5.41, 5.74) is 2.04. The van der Waals surface area contributed by atoms with Crippen molar-refractivity contribution in [2.24, 2.45) is 5.10 Å². The molecule has 7 nitrogen and oxygen atoms in total. The summed E-state index contributed by atoms with van der Waals surface area (Å²) in [4.78, 5) is 29.7. The number of aromatic carboxylic acids is 1. The third-order valence-electron chi connectivity index (χ3n) is 6.43. The van der Waals surface area contributed by atoms with Crippen molar-refractivity contribution in [2.45, 2.75) is 32.8 Å². The Morgan fingerprint density at radius 3 is 2.72 bits per heavy atom. The summed E-state index contributed by atoms with van der Waals surface area (Å²) in [5.74, 6) is 0.176. The lowest BCUT2D eigenvalue weighted by atomic mass is 10.0. The number of halogens is 1. The van der Waals surface area contributed by atoms with Gasteiger partial charge in [-0.05, 0) is 59.2 Å². The molecule has 0 bridgehead atoms. The standard InChI is InChI=1S/C31H26BrN3O4/c1-2-3-11-29-34-27-14-13-23(32)17-25(27)30(36)35(29)33-18-26-24-10-5-4-8-21(24)12-15-28(26)39-19-20-7-6-9-22(16-20)31(37)38/h4-10,12-18H,2-3,11,19H2,1H3,(H,37,38). The van der Waals surface area contributed by atoms with Crippen LogP contribution in [0.2, 0.25) is 0 Å². The Labute approximate surface area is 233 Å². The molecule has 0 saturated heterocycles. The molecule has 0 spiro atoms. The topological polar surface area (TPSA) is 93.8 Å². The summed E-state index contributed by atoms with van der Waals surface area (Å²) in [6.45, 7) is 2.27. The van der Waals surface area contributed by atoms with Crippen molar-refractivity contribution in [1.29, 1.82) is 0 Å². The van der Waals surface area contributed by atoms with Gasteiger partial charge in [0.25, 0.3) is 5.56 Å². The summed E-state index contributed by atoms with van der Waals surface area (Å²) in [6.07, 6.45) is 4.10. The Hall–Kier alpha value is -4.30. The van der Waals surface area contributed by atoms with Gasteiger partial charge in [-0.25, -0.2) is 9.78 Å². The van der Waals surface area contributed by atoms with E-state index < -0.39 is 5.97 Å².